The van der Waals surface area contributed by atoms with E-state index in [1.54, 1.807) is 19.2 Å². The SMILES string of the molecule is Cc1cc(Nc2cc(OC[C@@H](C)O)nc(N3CCC[C@H]3c3cc(-c4cccnc4C)no3)n2)n[nH]1. The van der Waals surface area contributed by atoms with Crippen molar-refractivity contribution in [3.05, 3.63) is 53.7 Å². The molecule has 182 valence electrons. The van der Waals surface area contributed by atoms with Crippen molar-refractivity contribution in [1.29, 1.82) is 0 Å². The van der Waals surface area contributed by atoms with Crippen molar-refractivity contribution in [1.82, 2.24) is 30.3 Å². The van der Waals surface area contributed by atoms with Crippen molar-refractivity contribution >= 4 is 17.6 Å². The molecule has 0 aromatic carbocycles. The molecule has 2 atom stereocenters. The molecule has 0 unspecified atom stereocenters. The molecule has 11 nitrogen and oxygen atoms in total. The van der Waals surface area contributed by atoms with Gasteiger partial charge in [-0.3, -0.25) is 10.1 Å². The zero-order valence-electron chi connectivity index (χ0n) is 19.9. The molecule has 5 heterocycles. The minimum atomic E-state index is -0.623. The normalized spacial score (nSPS) is 16.5. The summed E-state index contributed by atoms with van der Waals surface area (Å²) in [5, 5.41) is 24.3. The number of aliphatic hydroxyl groups excluding tert-OH is 1. The summed E-state index contributed by atoms with van der Waals surface area (Å²) in [4.78, 5) is 15.8. The number of nitrogens with zero attached hydrogens (tertiary/aromatic N) is 6. The van der Waals surface area contributed by atoms with Gasteiger partial charge in [-0.2, -0.15) is 15.1 Å². The number of aliphatic hydroxyl groups is 1. The number of aromatic amines is 1. The molecule has 0 spiro atoms. The maximum atomic E-state index is 9.68. The van der Waals surface area contributed by atoms with Gasteiger partial charge in [0.15, 0.2) is 11.6 Å². The molecule has 1 aliphatic rings. The van der Waals surface area contributed by atoms with E-state index in [0.717, 1.165) is 47.8 Å². The van der Waals surface area contributed by atoms with Crippen LogP contribution >= 0.6 is 0 Å². The number of aromatic nitrogens is 6. The van der Waals surface area contributed by atoms with Crippen LogP contribution in [0, 0.1) is 13.8 Å². The van der Waals surface area contributed by atoms with Crippen LogP contribution in [0.3, 0.4) is 0 Å². The van der Waals surface area contributed by atoms with E-state index in [2.05, 4.69) is 35.5 Å². The Morgan fingerprint density at radius 2 is 2.14 bits per heavy atom. The van der Waals surface area contributed by atoms with Crippen LogP contribution in [-0.4, -0.2) is 54.7 Å². The number of nitrogens with one attached hydrogen (secondary N) is 2. The van der Waals surface area contributed by atoms with Gasteiger partial charge in [0.25, 0.3) is 0 Å². The number of ether oxygens (including phenoxy) is 1. The lowest BCUT2D eigenvalue weighted by atomic mass is 10.1. The number of H-pyrrole nitrogens is 1. The van der Waals surface area contributed by atoms with Gasteiger partial charge < -0.3 is 24.6 Å². The van der Waals surface area contributed by atoms with Crippen LogP contribution in [0.5, 0.6) is 5.88 Å². The van der Waals surface area contributed by atoms with Gasteiger partial charge in [0, 0.05) is 47.9 Å². The van der Waals surface area contributed by atoms with Crippen LogP contribution in [0.4, 0.5) is 17.6 Å². The maximum absolute atomic E-state index is 9.68. The largest absolute Gasteiger partial charge is 0.475 e. The summed E-state index contributed by atoms with van der Waals surface area (Å²) in [7, 11) is 0. The van der Waals surface area contributed by atoms with E-state index in [0.29, 0.717) is 23.5 Å². The van der Waals surface area contributed by atoms with Gasteiger partial charge in [-0.25, -0.2) is 0 Å². The van der Waals surface area contributed by atoms with Gasteiger partial charge >= 0.3 is 0 Å². The molecular formula is C24H28N8O3. The van der Waals surface area contributed by atoms with E-state index in [1.807, 2.05) is 38.1 Å². The highest BCUT2D eigenvalue weighted by molar-refractivity contribution is 5.62. The first-order chi connectivity index (χ1) is 17.0. The third-order valence-electron chi connectivity index (χ3n) is 5.77. The molecule has 35 heavy (non-hydrogen) atoms. The van der Waals surface area contributed by atoms with Crippen molar-refractivity contribution in [2.45, 2.75) is 45.8 Å². The molecule has 3 N–H and O–H groups in total. The molecule has 4 aromatic rings. The first-order valence-electron chi connectivity index (χ1n) is 11.6. The molecule has 5 rings (SSSR count). The number of hydrogen-bond donors (Lipinski definition) is 3. The highest BCUT2D eigenvalue weighted by atomic mass is 16.5. The third kappa shape index (κ3) is 5.09. The van der Waals surface area contributed by atoms with Gasteiger partial charge in [-0.15, -0.1) is 0 Å². The first-order valence-corrected chi connectivity index (χ1v) is 11.6. The van der Waals surface area contributed by atoms with Crippen LogP contribution in [0.1, 0.15) is 43.0 Å². The van der Waals surface area contributed by atoms with Crippen LogP contribution < -0.4 is 15.0 Å². The Balaban J connectivity index is 1.45. The first kappa shape index (κ1) is 22.8. The molecule has 11 heteroatoms. The number of aryl methyl sites for hydroxylation is 2. The fourth-order valence-corrected chi connectivity index (χ4v) is 4.13. The van der Waals surface area contributed by atoms with Crippen molar-refractivity contribution in [3.63, 3.8) is 0 Å². The molecule has 1 aliphatic heterocycles. The van der Waals surface area contributed by atoms with E-state index < -0.39 is 6.10 Å². The average molecular weight is 477 g/mol. The molecule has 4 aromatic heterocycles. The second-order valence-corrected chi connectivity index (χ2v) is 8.71. The summed E-state index contributed by atoms with van der Waals surface area (Å²) in [5.74, 6) is 2.79. The quantitative estimate of drug-likeness (QED) is 0.345. The second kappa shape index (κ2) is 9.71. The number of hydrogen-bond acceptors (Lipinski definition) is 10. The Labute approximate surface area is 202 Å². The average Bonchev–Trinajstić information content (AvgIpc) is 3.59. The molecule has 0 amide bonds. The Hall–Kier alpha value is -3.99. The van der Waals surface area contributed by atoms with E-state index >= 15 is 0 Å². The number of anilines is 3. The monoisotopic (exact) mass is 476 g/mol. The summed E-state index contributed by atoms with van der Waals surface area (Å²) < 4.78 is 11.5. The van der Waals surface area contributed by atoms with Gasteiger partial charge in [0.05, 0.1) is 12.1 Å². The zero-order chi connectivity index (χ0) is 24.4. The minimum Gasteiger partial charge on any atom is -0.475 e. The van der Waals surface area contributed by atoms with Crippen LogP contribution in [-0.2, 0) is 0 Å². The molecule has 0 bridgehead atoms. The summed E-state index contributed by atoms with van der Waals surface area (Å²) in [6, 6.07) is 9.34. The molecule has 0 aliphatic carbocycles. The molecule has 1 fully saturated rings. The maximum Gasteiger partial charge on any atom is 0.231 e. The Morgan fingerprint density at radius 1 is 1.26 bits per heavy atom. The topological polar surface area (TPSA) is 138 Å². The lowest BCUT2D eigenvalue weighted by Crippen LogP contribution is -2.25. The van der Waals surface area contributed by atoms with Crippen LogP contribution in [0.15, 0.2) is 41.1 Å². The van der Waals surface area contributed by atoms with Crippen molar-refractivity contribution in [3.8, 4) is 17.1 Å². The lowest BCUT2D eigenvalue weighted by Gasteiger charge is -2.23. The predicted molar refractivity (Wildman–Crippen MR) is 130 cm³/mol. The summed E-state index contributed by atoms with van der Waals surface area (Å²) in [5.41, 5.74) is 3.52. The summed E-state index contributed by atoms with van der Waals surface area (Å²) in [6.45, 7) is 6.42. The smallest absolute Gasteiger partial charge is 0.231 e. The van der Waals surface area contributed by atoms with Crippen molar-refractivity contribution < 1.29 is 14.4 Å². The lowest BCUT2D eigenvalue weighted by molar-refractivity contribution is 0.120. The van der Waals surface area contributed by atoms with Gasteiger partial charge in [-0.1, -0.05) is 5.16 Å². The number of pyridine rings is 1. The van der Waals surface area contributed by atoms with E-state index in [4.69, 9.17) is 14.2 Å². The van der Waals surface area contributed by atoms with E-state index in [1.165, 1.54) is 0 Å². The fraction of sp³-hybridized carbons (Fsp3) is 0.375. The second-order valence-electron chi connectivity index (χ2n) is 8.71. The van der Waals surface area contributed by atoms with Crippen molar-refractivity contribution in [2.24, 2.45) is 0 Å². The number of rotatable bonds is 8. The Kier molecular flexibility index (Phi) is 6.32. The van der Waals surface area contributed by atoms with Crippen molar-refractivity contribution in [2.75, 3.05) is 23.4 Å². The third-order valence-corrected chi connectivity index (χ3v) is 5.77. The van der Waals surface area contributed by atoms with Crippen LogP contribution in [0.25, 0.3) is 11.3 Å². The fourth-order valence-electron chi connectivity index (χ4n) is 4.13. The highest BCUT2D eigenvalue weighted by Crippen LogP contribution is 2.37. The molecule has 0 saturated carbocycles. The summed E-state index contributed by atoms with van der Waals surface area (Å²) >= 11 is 0. The summed E-state index contributed by atoms with van der Waals surface area (Å²) in [6.07, 6.45) is 2.97. The predicted octanol–water partition coefficient (Wildman–Crippen LogP) is 3.71. The van der Waals surface area contributed by atoms with Gasteiger partial charge in [0.1, 0.15) is 18.1 Å². The van der Waals surface area contributed by atoms with E-state index in [-0.39, 0.29) is 12.6 Å². The molecular weight excluding hydrogens is 448 g/mol. The van der Waals surface area contributed by atoms with E-state index in [9.17, 15) is 5.11 Å². The Morgan fingerprint density at radius 3 is 2.91 bits per heavy atom. The molecule has 1 saturated heterocycles. The molecule has 0 radical (unpaired) electrons. The van der Waals surface area contributed by atoms with Gasteiger partial charge in [0.2, 0.25) is 11.8 Å². The minimum absolute atomic E-state index is 0.0688. The van der Waals surface area contributed by atoms with Crippen LogP contribution in [0.2, 0.25) is 0 Å². The van der Waals surface area contributed by atoms with Gasteiger partial charge in [-0.05, 0) is 45.7 Å². The highest BCUT2D eigenvalue weighted by Gasteiger charge is 2.32. The Bertz CT molecular complexity index is 1300. The zero-order valence-corrected chi connectivity index (χ0v) is 19.9. The standard InChI is InChI=1S/C24H28N8O3/c1-14-10-22(30-29-14)26-21-12-23(34-13-15(2)33)28-24(27-21)32-9-5-7-19(32)20-11-18(31-35-20)17-6-4-8-25-16(17)3/h4,6,8,10-12,15,19,33H,5,7,9,13H2,1-3H3,(H2,26,27,28,29,30)/t15-,19+/m1/s1.